The number of aliphatic hydroxyl groups excluding tert-OH is 1. The van der Waals surface area contributed by atoms with Crippen LogP contribution in [0.3, 0.4) is 0 Å². The van der Waals surface area contributed by atoms with Crippen molar-refractivity contribution in [2.45, 2.75) is 18.3 Å². The smallest absolute Gasteiger partial charge is 0.471 e. The topological polar surface area (TPSA) is 81.1 Å². The van der Waals surface area contributed by atoms with Gasteiger partial charge in [0.15, 0.2) is 0 Å². The number of amides is 1. The van der Waals surface area contributed by atoms with Crippen molar-refractivity contribution >= 4 is 11.9 Å². The molecule has 0 bridgehead atoms. The fourth-order valence-electron chi connectivity index (χ4n) is 1.88. The molecule has 1 heterocycles. The number of halogens is 3. The fourth-order valence-corrected chi connectivity index (χ4v) is 1.88. The number of alkyl halides is 3. The molecule has 0 aromatic rings. The molecule has 2 atom stereocenters. The maximum absolute atomic E-state index is 12.2. The molecule has 1 aliphatic rings. The van der Waals surface area contributed by atoms with Crippen LogP contribution in [-0.2, 0) is 9.59 Å². The van der Waals surface area contributed by atoms with E-state index in [0.717, 1.165) is 0 Å². The SMILES string of the molecule is CN(CC(=O)O)[C@@H]1CN(C(=O)C(F)(F)F)C[C@H]1O. The number of hydrogen-bond donors (Lipinski definition) is 2. The van der Waals surface area contributed by atoms with Crippen LogP contribution in [0.2, 0.25) is 0 Å². The molecule has 0 aromatic carbocycles. The van der Waals surface area contributed by atoms with Crippen LogP contribution >= 0.6 is 0 Å². The van der Waals surface area contributed by atoms with E-state index in [-0.39, 0.29) is 6.54 Å². The van der Waals surface area contributed by atoms with E-state index in [1.165, 1.54) is 11.9 Å². The molecule has 0 radical (unpaired) electrons. The Hall–Kier alpha value is -1.35. The molecule has 1 saturated heterocycles. The van der Waals surface area contributed by atoms with Gasteiger partial charge in [0.1, 0.15) is 0 Å². The van der Waals surface area contributed by atoms with Gasteiger partial charge in [-0.15, -0.1) is 0 Å². The van der Waals surface area contributed by atoms with Gasteiger partial charge in [-0.05, 0) is 7.05 Å². The van der Waals surface area contributed by atoms with Gasteiger partial charge < -0.3 is 15.1 Å². The van der Waals surface area contributed by atoms with Crippen LogP contribution in [0, 0.1) is 0 Å². The highest BCUT2D eigenvalue weighted by atomic mass is 19.4. The molecule has 9 heteroatoms. The predicted octanol–water partition coefficient (Wildman–Crippen LogP) is -0.863. The summed E-state index contributed by atoms with van der Waals surface area (Å²) in [5.74, 6) is -3.18. The van der Waals surface area contributed by atoms with Crippen molar-refractivity contribution in [3.8, 4) is 0 Å². The van der Waals surface area contributed by atoms with E-state index >= 15 is 0 Å². The second-order valence-corrected chi connectivity index (χ2v) is 4.15. The monoisotopic (exact) mass is 270 g/mol. The van der Waals surface area contributed by atoms with Gasteiger partial charge in [-0.2, -0.15) is 13.2 Å². The van der Waals surface area contributed by atoms with E-state index in [2.05, 4.69) is 0 Å². The summed E-state index contributed by atoms with van der Waals surface area (Å²) in [6, 6.07) is -0.813. The molecule has 2 N–H and O–H groups in total. The average molecular weight is 270 g/mol. The van der Waals surface area contributed by atoms with Crippen molar-refractivity contribution in [3.05, 3.63) is 0 Å². The van der Waals surface area contributed by atoms with Crippen molar-refractivity contribution in [2.24, 2.45) is 0 Å². The third-order valence-electron chi connectivity index (χ3n) is 2.74. The van der Waals surface area contributed by atoms with E-state index in [4.69, 9.17) is 5.11 Å². The number of nitrogens with zero attached hydrogens (tertiary/aromatic N) is 2. The molecule has 1 fully saturated rings. The third kappa shape index (κ3) is 3.33. The molecule has 6 nitrogen and oxygen atoms in total. The van der Waals surface area contributed by atoms with E-state index in [1.54, 1.807) is 0 Å². The Kier molecular flexibility index (Phi) is 4.17. The maximum Gasteiger partial charge on any atom is 0.471 e. The van der Waals surface area contributed by atoms with Crippen LogP contribution in [0.1, 0.15) is 0 Å². The van der Waals surface area contributed by atoms with Crippen LogP contribution in [0.5, 0.6) is 0 Å². The molecule has 0 unspecified atom stereocenters. The molecule has 1 aliphatic heterocycles. The molecular formula is C9H13F3N2O4. The van der Waals surface area contributed by atoms with Crippen LogP contribution in [0.15, 0.2) is 0 Å². The number of hydrogen-bond acceptors (Lipinski definition) is 4. The number of aliphatic hydroxyl groups is 1. The minimum absolute atomic E-state index is 0.344. The molecular weight excluding hydrogens is 257 g/mol. The normalized spacial score (nSPS) is 24.7. The molecule has 1 rings (SSSR count). The number of likely N-dealkylation sites (tertiary alicyclic amines) is 1. The first-order valence-electron chi connectivity index (χ1n) is 5.09. The highest BCUT2D eigenvalue weighted by molar-refractivity contribution is 5.82. The third-order valence-corrected chi connectivity index (χ3v) is 2.74. The number of carboxylic acids is 1. The zero-order valence-electron chi connectivity index (χ0n) is 9.52. The molecule has 104 valence electrons. The minimum atomic E-state index is -4.99. The molecule has 0 aromatic heterocycles. The molecule has 1 amide bonds. The van der Waals surface area contributed by atoms with Crippen LogP contribution in [0.4, 0.5) is 13.2 Å². The van der Waals surface area contributed by atoms with Crippen molar-refractivity contribution in [3.63, 3.8) is 0 Å². The van der Waals surface area contributed by atoms with Crippen molar-refractivity contribution in [1.29, 1.82) is 0 Å². The Morgan fingerprint density at radius 1 is 1.39 bits per heavy atom. The number of carbonyl (C=O) groups excluding carboxylic acids is 1. The second-order valence-electron chi connectivity index (χ2n) is 4.15. The quantitative estimate of drug-likeness (QED) is 0.697. The van der Waals surface area contributed by atoms with Gasteiger partial charge in [0.2, 0.25) is 0 Å². The van der Waals surface area contributed by atoms with Gasteiger partial charge in [-0.25, -0.2) is 0 Å². The number of carboxylic acid groups (broad SMARTS) is 1. The Morgan fingerprint density at radius 3 is 2.39 bits per heavy atom. The largest absolute Gasteiger partial charge is 0.480 e. The lowest BCUT2D eigenvalue weighted by Crippen LogP contribution is -2.44. The lowest BCUT2D eigenvalue weighted by molar-refractivity contribution is -0.184. The highest BCUT2D eigenvalue weighted by Crippen LogP contribution is 2.23. The van der Waals surface area contributed by atoms with Crippen molar-refractivity contribution < 1.29 is 33.0 Å². The molecule has 0 aliphatic carbocycles. The fraction of sp³-hybridized carbons (Fsp3) is 0.778. The van der Waals surface area contributed by atoms with Gasteiger partial charge in [-0.3, -0.25) is 14.5 Å². The summed E-state index contributed by atoms with van der Waals surface area (Å²) in [5.41, 5.74) is 0. The summed E-state index contributed by atoms with van der Waals surface area (Å²) in [6.45, 7) is -1.22. The van der Waals surface area contributed by atoms with E-state index in [0.29, 0.717) is 4.90 Å². The minimum Gasteiger partial charge on any atom is -0.480 e. The van der Waals surface area contributed by atoms with Crippen LogP contribution < -0.4 is 0 Å². The standard InChI is InChI=1S/C9H13F3N2O4/c1-13(4-7(16)17)5-2-14(3-6(5)15)8(18)9(10,11)12/h5-6,15H,2-4H2,1H3,(H,16,17)/t5-,6-/m1/s1. The molecule has 0 saturated carbocycles. The van der Waals surface area contributed by atoms with E-state index < -0.39 is 43.3 Å². The number of rotatable bonds is 3. The number of aliphatic carboxylic acids is 1. The first-order chi connectivity index (χ1) is 8.12. The summed E-state index contributed by atoms with van der Waals surface area (Å²) in [7, 11) is 1.36. The first kappa shape index (κ1) is 14.7. The van der Waals surface area contributed by atoms with Gasteiger partial charge in [0.05, 0.1) is 18.7 Å². The van der Waals surface area contributed by atoms with Gasteiger partial charge in [0.25, 0.3) is 0 Å². The lowest BCUT2D eigenvalue weighted by Gasteiger charge is -2.24. The van der Waals surface area contributed by atoms with Crippen LogP contribution in [0.25, 0.3) is 0 Å². The first-order valence-corrected chi connectivity index (χ1v) is 5.09. The van der Waals surface area contributed by atoms with Crippen molar-refractivity contribution in [2.75, 3.05) is 26.7 Å². The summed E-state index contributed by atoms with van der Waals surface area (Å²) in [6.07, 6.45) is -6.18. The zero-order chi connectivity index (χ0) is 14.1. The highest BCUT2D eigenvalue weighted by Gasteiger charge is 2.47. The zero-order valence-corrected chi connectivity index (χ0v) is 9.52. The van der Waals surface area contributed by atoms with Gasteiger partial charge in [-0.1, -0.05) is 0 Å². The Balaban J connectivity index is 2.67. The summed E-state index contributed by atoms with van der Waals surface area (Å²) in [4.78, 5) is 23.1. The number of likely N-dealkylation sites (N-methyl/N-ethyl adjacent to an activating group) is 1. The Labute approximate surface area is 101 Å². The van der Waals surface area contributed by atoms with Crippen molar-refractivity contribution in [1.82, 2.24) is 9.80 Å². The number of β-amino-alcohol motifs (C(OH)–C–C–N with tert-alkyl or cyclic N) is 1. The van der Waals surface area contributed by atoms with E-state index in [1.807, 2.05) is 0 Å². The van der Waals surface area contributed by atoms with Gasteiger partial charge in [0, 0.05) is 13.1 Å². The Bertz CT molecular complexity index is 347. The number of carbonyl (C=O) groups is 2. The maximum atomic E-state index is 12.2. The predicted molar refractivity (Wildman–Crippen MR) is 52.7 cm³/mol. The summed E-state index contributed by atoms with van der Waals surface area (Å²) in [5, 5.41) is 18.1. The second kappa shape index (κ2) is 5.11. The Morgan fingerprint density at radius 2 is 1.94 bits per heavy atom. The van der Waals surface area contributed by atoms with Crippen LogP contribution in [-0.4, -0.2) is 76.9 Å². The average Bonchev–Trinajstić information content (AvgIpc) is 2.56. The summed E-state index contributed by atoms with van der Waals surface area (Å²) >= 11 is 0. The van der Waals surface area contributed by atoms with E-state index in [9.17, 15) is 27.9 Å². The van der Waals surface area contributed by atoms with Gasteiger partial charge >= 0.3 is 18.1 Å². The molecule has 0 spiro atoms. The lowest BCUT2D eigenvalue weighted by atomic mass is 10.2. The molecule has 18 heavy (non-hydrogen) atoms. The summed E-state index contributed by atoms with van der Waals surface area (Å²) < 4.78 is 36.6.